The Morgan fingerprint density at radius 1 is 0.634 bits per heavy atom. The topological polar surface area (TPSA) is 73.5 Å². The van der Waals surface area contributed by atoms with Crippen molar-refractivity contribution < 1.29 is 9.84 Å². The van der Waals surface area contributed by atoms with Gasteiger partial charge in [0.2, 0.25) is 0 Å². The van der Waals surface area contributed by atoms with Crippen LogP contribution in [-0.4, -0.2) is 14.2 Å². The highest BCUT2D eigenvalue weighted by atomic mass is 35.5. The predicted octanol–water partition coefficient (Wildman–Crippen LogP) is 7.69. The number of hydrogen-bond acceptors (Lipinski definition) is 4. The minimum atomic E-state index is -0.281. The van der Waals surface area contributed by atoms with E-state index in [0.717, 1.165) is 22.8 Å². The summed E-state index contributed by atoms with van der Waals surface area (Å²) in [5.41, 5.74) is 2.25. The molecule has 0 atom stereocenters. The Labute approximate surface area is 256 Å². The average Bonchev–Trinajstić information content (AvgIpc) is 2.94. The van der Waals surface area contributed by atoms with Gasteiger partial charge < -0.3 is 19.0 Å². The summed E-state index contributed by atoms with van der Waals surface area (Å²) >= 11 is 23.8. The maximum absolute atomic E-state index is 12.2. The molecule has 0 amide bonds. The molecular weight excluding hydrogens is 606 g/mol. The molecular formula is C31H24Cl4N2O4. The van der Waals surface area contributed by atoms with Crippen LogP contribution >= 0.6 is 46.4 Å². The first-order chi connectivity index (χ1) is 19.7. The van der Waals surface area contributed by atoms with Gasteiger partial charge in [-0.05, 0) is 53.1 Å². The van der Waals surface area contributed by atoms with Crippen LogP contribution in [-0.2, 0) is 19.7 Å². The first kappa shape index (κ1) is 30.3. The van der Waals surface area contributed by atoms with Crippen molar-refractivity contribution in [2.75, 3.05) is 0 Å². The minimum absolute atomic E-state index is 0.0477. The second-order valence-corrected chi connectivity index (χ2v) is 10.6. The zero-order chi connectivity index (χ0) is 29.4. The van der Waals surface area contributed by atoms with Crippen molar-refractivity contribution in [1.29, 1.82) is 0 Å². The van der Waals surface area contributed by atoms with Gasteiger partial charge in [0.15, 0.2) is 0 Å². The number of halogens is 4. The number of aromatic nitrogens is 2. The van der Waals surface area contributed by atoms with Crippen LogP contribution in [0.1, 0.15) is 16.7 Å². The Bertz CT molecular complexity index is 1750. The van der Waals surface area contributed by atoms with E-state index in [0.29, 0.717) is 45.5 Å². The summed E-state index contributed by atoms with van der Waals surface area (Å²) in [6, 6.07) is 26.0. The highest BCUT2D eigenvalue weighted by molar-refractivity contribution is 6.35. The lowest BCUT2D eigenvalue weighted by atomic mass is 10.2. The average molecular weight is 630 g/mol. The number of pyridine rings is 2. The molecule has 2 aromatic heterocycles. The second-order valence-electron chi connectivity index (χ2n) is 8.93. The molecule has 10 heteroatoms. The summed E-state index contributed by atoms with van der Waals surface area (Å²) in [6.45, 7) is 1.15. The predicted molar refractivity (Wildman–Crippen MR) is 165 cm³/mol. The van der Waals surface area contributed by atoms with E-state index in [1.54, 1.807) is 47.2 Å². The summed E-state index contributed by atoms with van der Waals surface area (Å²) in [6.07, 6.45) is 3.22. The van der Waals surface area contributed by atoms with Crippen LogP contribution in [0.4, 0.5) is 0 Å². The van der Waals surface area contributed by atoms with Gasteiger partial charge in [-0.2, -0.15) is 0 Å². The van der Waals surface area contributed by atoms with E-state index < -0.39 is 0 Å². The van der Waals surface area contributed by atoms with E-state index in [1.165, 1.54) is 22.9 Å². The second kappa shape index (κ2) is 14.3. The van der Waals surface area contributed by atoms with Gasteiger partial charge in [0, 0.05) is 44.6 Å². The number of ether oxygens (including phenoxy) is 1. The number of hydrogen-bond donors (Lipinski definition) is 1. The molecule has 5 rings (SSSR count). The van der Waals surface area contributed by atoms with Crippen LogP contribution in [0.3, 0.4) is 0 Å². The summed E-state index contributed by atoms with van der Waals surface area (Å²) in [7, 11) is 0. The van der Waals surface area contributed by atoms with Crippen molar-refractivity contribution in [3.05, 3.63) is 161 Å². The van der Waals surface area contributed by atoms with E-state index in [-0.39, 0.29) is 16.9 Å². The van der Waals surface area contributed by atoms with E-state index in [2.05, 4.69) is 0 Å². The third-order valence-corrected chi connectivity index (χ3v) is 7.08. The lowest BCUT2D eigenvalue weighted by Gasteiger charge is -2.10. The standard InChI is InChI=1S/C19H15Cl2NO2.C12H9Cl2NO2/c20-16-7-6-15(18(21)10-16)12-22-9-8-17(11-19(22)23)24-13-14-4-2-1-3-5-14;13-9-2-1-8(11(14)5-9)7-15-4-3-10(16)6-12(15)17/h1-11H,12-13H2;1-6,16H,7H2. The van der Waals surface area contributed by atoms with E-state index >= 15 is 0 Å². The molecule has 0 bridgehead atoms. The van der Waals surface area contributed by atoms with Crippen molar-refractivity contribution >= 4 is 46.4 Å². The Hall–Kier alpha value is -3.68. The van der Waals surface area contributed by atoms with Crippen LogP contribution in [0.25, 0.3) is 0 Å². The fraction of sp³-hybridized carbons (Fsp3) is 0.0968. The van der Waals surface area contributed by atoms with Gasteiger partial charge in [-0.15, -0.1) is 0 Å². The Morgan fingerprint density at radius 2 is 1.17 bits per heavy atom. The fourth-order valence-corrected chi connectivity index (χ4v) is 4.68. The van der Waals surface area contributed by atoms with Crippen molar-refractivity contribution in [1.82, 2.24) is 9.13 Å². The molecule has 1 N–H and O–H groups in total. The lowest BCUT2D eigenvalue weighted by molar-refractivity contribution is 0.305. The normalized spacial score (nSPS) is 10.5. The summed E-state index contributed by atoms with van der Waals surface area (Å²) < 4.78 is 8.69. The Balaban J connectivity index is 0.000000201. The van der Waals surface area contributed by atoms with Gasteiger partial charge in [-0.1, -0.05) is 88.9 Å². The maximum atomic E-state index is 12.2. The van der Waals surface area contributed by atoms with Crippen molar-refractivity contribution in [3.8, 4) is 11.5 Å². The number of benzene rings is 3. The highest BCUT2D eigenvalue weighted by Crippen LogP contribution is 2.22. The van der Waals surface area contributed by atoms with Crippen LogP contribution in [0.5, 0.6) is 11.5 Å². The smallest absolute Gasteiger partial charge is 0.254 e. The molecule has 0 saturated carbocycles. The fourth-order valence-electron chi connectivity index (χ4n) is 3.75. The van der Waals surface area contributed by atoms with Gasteiger partial charge in [0.05, 0.1) is 13.1 Å². The molecule has 2 heterocycles. The molecule has 0 unspecified atom stereocenters. The van der Waals surface area contributed by atoms with Crippen LogP contribution in [0.15, 0.2) is 113 Å². The van der Waals surface area contributed by atoms with E-state index in [1.807, 2.05) is 36.4 Å². The molecule has 3 aromatic carbocycles. The largest absolute Gasteiger partial charge is 0.508 e. The van der Waals surface area contributed by atoms with Crippen molar-refractivity contribution in [2.24, 2.45) is 0 Å². The number of aromatic hydroxyl groups is 1. The molecule has 0 aliphatic rings. The monoisotopic (exact) mass is 628 g/mol. The summed E-state index contributed by atoms with van der Waals surface area (Å²) in [5, 5.41) is 11.3. The summed E-state index contributed by atoms with van der Waals surface area (Å²) in [4.78, 5) is 23.8. The Kier molecular flexibility index (Phi) is 10.6. The molecule has 0 spiro atoms. The molecule has 0 fully saturated rings. The minimum Gasteiger partial charge on any atom is -0.508 e. The molecule has 6 nitrogen and oxygen atoms in total. The first-order valence-electron chi connectivity index (χ1n) is 12.3. The van der Waals surface area contributed by atoms with Gasteiger partial charge in [-0.3, -0.25) is 9.59 Å². The van der Waals surface area contributed by atoms with Gasteiger partial charge >= 0.3 is 0 Å². The molecule has 210 valence electrons. The zero-order valence-electron chi connectivity index (χ0n) is 21.5. The maximum Gasteiger partial charge on any atom is 0.254 e. The first-order valence-corrected chi connectivity index (χ1v) is 13.8. The van der Waals surface area contributed by atoms with Crippen LogP contribution in [0.2, 0.25) is 20.1 Å². The van der Waals surface area contributed by atoms with Crippen LogP contribution < -0.4 is 15.9 Å². The van der Waals surface area contributed by atoms with Crippen molar-refractivity contribution in [2.45, 2.75) is 19.7 Å². The lowest BCUT2D eigenvalue weighted by Crippen LogP contribution is -2.19. The highest BCUT2D eigenvalue weighted by Gasteiger charge is 2.06. The molecule has 0 saturated heterocycles. The third kappa shape index (κ3) is 8.90. The van der Waals surface area contributed by atoms with Crippen LogP contribution in [0, 0.1) is 0 Å². The van der Waals surface area contributed by atoms with Crippen molar-refractivity contribution in [3.63, 3.8) is 0 Å². The number of rotatable bonds is 7. The molecule has 41 heavy (non-hydrogen) atoms. The van der Waals surface area contributed by atoms with Gasteiger partial charge in [-0.25, -0.2) is 0 Å². The van der Waals surface area contributed by atoms with E-state index in [9.17, 15) is 9.59 Å². The number of nitrogens with zero attached hydrogens (tertiary/aromatic N) is 2. The quantitative estimate of drug-likeness (QED) is 0.200. The molecule has 0 aliphatic heterocycles. The molecule has 0 radical (unpaired) electrons. The summed E-state index contributed by atoms with van der Waals surface area (Å²) in [5.74, 6) is 0.496. The Morgan fingerprint density at radius 3 is 1.68 bits per heavy atom. The van der Waals surface area contributed by atoms with E-state index in [4.69, 9.17) is 56.2 Å². The molecule has 0 aliphatic carbocycles. The van der Waals surface area contributed by atoms with Gasteiger partial charge in [0.1, 0.15) is 18.1 Å². The third-order valence-electron chi connectivity index (χ3n) is 5.91. The van der Waals surface area contributed by atoms with Gasteiger partial charge in [0.25, 0.3) is 11.1 Å². The molecule has 5 aromatic rings. The zero-order valence-corrected chi connectivity index (χ0v) is 24.5. The SMILES string of the molecule is O=c1cc(O)ccn1Cc1ccc(Cl)cc1Cl.O=c1cc(OCc2ccccc2)ccn1Cc1ccc(Cl)cc1Cl.